The summed E-state index contributed by atoms with van der Waals surface area (Å²) in [5.41, 5.74) is 3.10. The van der Waals surface area contributed by atoms with Crippen LogP contribution >= 0.6 is 11.8 Å². The van der Waals surface area contributed by atoms with Crippen molar-refractivity contribution in [3.05, 3.63) is 45.4 Å². The molecule has 144 valence electrons. The number of carbonyl (C=O) groups excluding carboxylic acids is 2. The van der Waals surface area contributed by atoms with Gasteiger partial charge in [0.05, 0.1) is 0 Å². The molecule has 0 aliphatic rings. The van der Waals surface area contributed by atoms with Crippen molar-refractivity contribution in [1.82, 2.24) is 9.97 Å². The maximum Gasteiger partial charge on any atom is 0.254 e. The van der Waals surface area contributed by atoms with Gasteiger partial charge >= 0.3 is 0 Å². The Balaban J connectivity index is 2.05. The zero-order chi connectivity index (χ0) is 20.0. The van der Waals surface area contributed by atoms with E-state index in [-0.39, 0.29) is 23.8 Å². The molecule has 0 unspecified atom stereocenters. The normalized spacial score (nSPS) is 10.5. The molecule has 27 heavy (non-hydrogen) atoms. The van der Waals surface area contributed by atoms with Crippen molar-refractivity contribution in [2.75, 3.05) is 16.9 Å². The molecule has 3 N–H and O–H groups in total. The molecule has 1 heterocycles. The van der Waals surface area contributed by atoms with Crippen LogP contribution in [0.5, 0.6) is 0 Å². The third-order valence-electron chi connectivity index (χ3n) is 4.11. The fourth-order valence-corrected chi connectivity index (χ4v) is 2.93. The summed E-state index contributed by atoms with van der Waals surface area (Å²) in [4.78, 5) is 43.0. The first kappa shape index (κ1) is 20.7. The molecule has 0 saturated heterocycles. The first-order chi connectivity index (χ1) is 12.8. The standard InChI is InChI=1S/C19H24N4O3S/c1-5-16(24)21-13-7-6-11(2)15(10-13)22-17(25)9-8-14-12(3)20-19(27-4)23-18(14)26/h6-7,10H,5,8-9H2,1-4H3,(H,21,24)(H,22,25)(H,20,23,26). The van der Waals surface area contributed by atoms with Crippen molar-refractivity contribution in [3.63, 3.8) is 0 Å². The average molecular weight is 388 g/mol. The molecule has 0 aliphatic carbocycles. The molecule has 0 atom stereocenters. The molecule has 8 heteroatoms. The number of aromatic nitrogens is 2. The lowest BCUT2D eigenvalue weighted by atomic mass is 10.1. The van der Waals surface area contributed by atoms with Crippen molar-refractivity contribution in [2.24, 2.45) is 0 Å². The SMILES string of the molecule is CCC(=O)Nc1ccc(C)c(NC(=O)CCc2c(C)nc(SC)[nH]c2=O)c1. The van der Waals surface area contributed by atoms with Crippen LogP contribution in [0.25, 0.3) is 0 Å². The minimum absolute atomic E-state index is 0.0907. The van der Waals surface area contributed by atoms with E-state index >= 15 is 0 Å². The molecular weight excluding hydrogens is 364 g/mol. The van der Waals surface area contributed by atoms with E-state index in [2.05, 4.69) is 20.6 Å². The first-order valence-electron chi connectivity index (χ1n) is 8.68. The smallest absolute Gasteiger partial charge is 0.254 e. The number of hydrogen-bond acceptors (Lipinski definition) is 5. The Morgan fingerprint density at radius 3 is 2.56 bits per heavy atom. The number of nitrogens with zero attached hydrogens (tertiary/aromatic N) is 1. The van der Waals surface area contributed by atoms with Crippen LogP contribution in [0, 0.1) is 13.8 Å². The lowest BCUT2D eigenvalue weighted by Gasteiger charge is -2.12. The number of rotatable bonds is 7. The third-order valence-corrected chi connectivity index (χ3v) is 4.69. The van der Waals surface area contributed by atoms with Crippen LogP contribution < -0.4 is 16.2 Å². The van der Waals surface area contributed by atoms with Gasteiger partial charge in [0.2, 0.25) is 11.8 Å². The van der Waals surface area contributed by atoms with E-state index in [0.29, 0.717) is 40.6 Å². The Bertz CT molecular complexity index is 908. The molecule has 2 aromatic rings. The maximum absolute atomic E-state index is 12.3. The van der Waals surface area contributed by atoms with E-state index in [1.807, 2.05) is 19.2 Å². The second-order valence-corrected chi connectivity index (χ2v) is 6.91. The number of H-pyrrole nitrogens is 1. The van der Waals surface area contributed by atoms with Crippen molar-refractivity contribution < 1.29 is 9.59 Å². The number of nitrogens with one attached hydrogen (secondary N) is 3. The summed E-state index contributed by atoms with van der Waals surface area (Å²) in [6, 6.07) is 5.36. The van der Waals surface area contributed by atoms with Gasteiger partial charge in [-0.15, -0.1) is 0 Å². The summed E-state index contributed by atoms with van der Waals surface area (Å²) in [7, 11) is 0. The number of amides is 2. The summed E-state index contributed by atoms with van der Waals surface area (Å²) in [5.74, 6) is -0.295. The molecule has 0 fully saturated rings. The molecule has 2 rings (SSSR count). The van der Waals surface area contributed by atoms with Crippen LogP contribution in [0.15, 0.2) is 28.2 Å². The monoisotopic (exact) mass is 388 g/mol. The van der Waals surface area contributed by atoms with E-state index in [1.165, 1.54) is 11.8 Å². The first-order valence-corrected chi connectivity index (χ1v) is 9.90. The van der Waals surface area contributed by atoms with Crippen LogP contribution in [0.1, 0.15) is 36.6 Å². The quantitative estimate of drug-likeness (QED) is 0.500. The maximum atomic E-state index is 12.3. The highest BCUT2D eigenvalue weighted by Crippen LogP contribution is 2.21. The van der Waals surface area contributed by atoms with Crippen LogP contribution in [0.4, 0.5) is 11.4 Å². The van der Waals surface area contributed by atoms with Crippen LogP contribution in [0.3, 0.4) is 0 Å². The summed E-state index contributed by atoms with van der Waals surface area (Å²) in [5, 5.41) is 6.18. The minimum atomic E-state index is -0.208. The predicted octanol–water partition coefficient (Wildman–Crippen LogP) is 3.03. The number of aryl methyl sites for hydroxylation is 2. The van der Waals surface area contributed by atoms with Gasteiger partial charge in [0.1, 0.15) is 0 Å². The second-order valence-electron chi connectivity index (χ2n) is 6.12. The predicted molar refractivity (Wildman–Crippen MR) is 108 cm³/mol. The highest BCUT2D eigenvalue weighted by atomic mass is 32.2. The number of benzene rings is 1. The topological polar surface area (TPSA) is 104 Å². The lowest BCUT2D eigenvalue weighted by Crippen LogP contribution is -2.20. The van der Waals surface area contributed by atoms with Crippen molar-refractivity contribution in [1.29, 1.82) is 0 Å². The van der Waals surface area contributed by atoms with Crippen molar-refractivity contribution in [2.45, 2.75) is 45.2 Å². The second kappa shape index (κ2) is 9.36. The molecule has 2 amide bonds. The van der Waals surface area contributed by atoms with Crippen LogP contribution in [-0.2, 0) is 16.0 Å². The summed E-state index contributed by atoms with van der Waals surface area (Å²) >= 11 is 1.36. The average Bonchev–Trinajstić information content (AvgIpc) is 2.63. The molecule has 1 aromatic heterocycles. The van der Waals surface area contributed by atoms with Gasteiger partial charge in [0, 0.05) is 35.5 Å². The van der Waals surface area contributed by atoms with E-state index in [1.54, 1.807) is 26.0 Å². The molecular formula is C19H24N4O3S. The highest BCUT2D eigenvalue weighted by Gasteiger charge is 2.12. The van der Waals surface area contributed by atoms with E-state index in [4.69, 9.17) is 0 Å². The Kier molecular flexibility index (Phi) is 7.18. The third kappa shape index (κ3) is 5.68. The molecule has 0 aliphatic heterocycles. The fourth-order valence-electron chi connectivity index (χ4n) is 2.51. The van der Waals surface area contributed by atoms with Gasteiger partial charge in [0.15, 0.2) is 5.16 Å². The van der Waals surface area contributed by atoms with Crippen molar-refractivity contribution >= 4 is 35.0 Å². The van der Waals surface area contributed by atoms with E-state index < -0.39 is 0 Å². The van der Waals surface area contributed by atoms with Gasteiger partial charge in [-0.1, -0.05) is 24.8 Å². The molecule has 0 bridgehead atoms. The highest BCUT2D eigenvalue weighted by molar-refractivity contribution is 7.98. The number of anilines is 2. The summed E-state index contributed by atoms with van der Waals surface area (Å²) < 4.78 is 0. The number of aromatic amines is 1. The number of hydrogen-bond donors (Lipinski definition) is 3. The van der Waals surface area contributed by atoms with Crippen LogP contribution in [0.2, 0.25) is 0 Å². The minimum Gasteiger partial charge on any atom is -0.326 e. The Morgan fingerprint density at radius 1 is 1.19 bits per heavy atom. The molecule has 0 spiro atoms. The zero-order valence-corrected chi connectivity index (χ0v) is 16.8. The van der Waals surface area contributed by atoms with Gasteiger partial charge in [-0.25, -0.2) is 4.98 Å². The zero-order valence-electron chi connectivity index (χ0n) is 15.9. The number of thioether (sulfide) groups is 1. The summed E-state index contributed by atoms with van der Waals surface area (Å²) in [6.45, 7) is 5.42. The molecule has 7 nitrogen and oxygen atoms in total. The Labute approximate surface area is 162 Å². The fraction of sp³-hybridized carbons (Fsp3) is 0.368. The van der Waals surface area contributed by atoms with Gasteiger partial charge in [0.25, 0.3) is 5.56 Å². The largest absolute Gasteiger partial charge is 0.326 e. The number of carbonyl (C=O) groups is 2. The van der Waals surface area contributed by atoms with Gasteiger partial charge in [-0.2, -0.15) is 0 Å². The molecule has 0 radical (unpaired) electrons. The van der Waals surface area contributed by atoms with Gasteiger partial charge in [-0.3, -0.25) is 14.4 Å². The molecule has 0 saturated carbocycles. The lowest BCUT2D eigenvalue weighted by molar-refractivity contribution is -0.116. The molecule has 1 aromatic carbocycles. The van der Waals surface area contributed by atoms with Gasteiger partial charge < -0.3 is 15.6 Å². The van der Waals surface area contributed by atoms with E-state index in [0.717, 1.165) is 5.56 Å². The van der Waals surface area contributed by atoms with E-state index in [9.17, 15) is 14.4 Å². The summed E-state index contributed by atoms with van der Waals surface area (Å²) in [6.07, 6.45) is 2.69. The van der Waals surface area contributed by atoms with Crippen LogP contribution in [-0.4, -0.2) is 28.0 Å². The Hall–Kier alpha value is -2.61. The Morgan fingerprint density at radius 2 is 1.93 bits per heavy atom. The van der Waals surface area contributed by atoms with Crippen molar-refractivity contribution in [3.8, 4) is 0 Å². The van der Waals surface area contributed by atoms with Gasteiger partial charge in [-0.05, 0) is 44.2 Å².